The van der Waals surface area contributed by atoms with E-state index in [0.717, 1.165) is 43.4 Å². The molecular weight excluding hydrogens is 544 g/mol. The summed E-state index contributed by atoms with van der Waals surface area (Å²) in [4.78, 5) is 56.8. The van der Waals surface area contributed by atoms with Gasteiger partial charge in [-0.3, -0.25) is 14.4 Å². The van der Waals surface area contributed by atoms with E-state index in [2.05, 4.69) is 23.3 Å². The highest BCUT2D eigenvalue weighted by atomic mass is 32.2. The number of hydrogen-bond acceptors (Lipinski definition) is 9. The predicted octanol–water partition coefficient (Wildman–Crippen LogP) is 3.64. The number of carboxylic acids is 4. The average molecular weight is 585 g/mol. The lowest BCUT2D eigenvalue weighted by atomic mass is 9.63. The third kappa shape index (κ3) is 8.73. The van der Waals surface area contributed by atoms with Crippen LogP contribution in [0.2, 0.25) is 0 Å². The second-order valence-electron chi connectivity index (χ2n) is 10.7. The smallest absolute Gasteiger partial charge is 0.336 e. The van der Waals surface area contributed by atoms with Crippen molar-refractivity contribution in [3.05, 3.63) is 40.3 Å². The number of carboxylic acid groups (broad SMARTS) is 4. The predicted molar refractivity (Wildman–Crippen MR) is 149 cm³/mol. The summed E-state index contributed by atoms with van der Waals surface area (Å²) in [6.07, 6.45) is 1.19. The van der Waals surface area contributed by atoms with Gasteiger partial charge >= 0.3 is 23.9 Å². The molecule has 1 atom stereocenters. The van der Waals surface area contributed by atoms with Crippen LogP contribution < -0.4 is 0 Å². The molecule has 1 aromatic carbocycles. The molecule has 0 bridgehead atoms. The van der Waals surface area contributed by atoms with Crippen molar-refractivity contribution < 1.29 is 44.7 Å². The first-order valence-electron chi connectivity index (χ1n) is 13.0. The summed E-state index contributed by atoms with van der Waals surface area (Å²) < 4.78 is 2.43. The fraction of sp³-hybridized carbons (Fsp3) is 0.630. The topological polar surface area (TPSA) is 202 Å². The molecule has 1 heterocycles. The SMILES string of the molecule is CCCC(C(=O)O)(c1ccc(CC(C)C)cc1)C1(SN=O)CCN(C)CC1.O=C(O)CC(O)(CC(=O)O)C(=O)O. The van der Waals surface area contributed by atoms with E-state index in [9.17, 15) is 29.2 Å². The summed E-state index contributed by atoms with van der Waals surface area (Å²) in [5, 5.41) is 44.3. The maximum Gasteiger partial charge on any atom is 0.336 e. The summed E-state index contributed by atoms with van der Waals surface area (Å²) in [5.41, 5.74) is -1.84. The number of nitroso groups, excluding NO2 is 1. The lowest BCUT2D eigenvalue weighted by Gasteiger charge is -2.49. The highest BCUT2D eigenvalue weighted by Gasteiger charge is 2.59. The van der Waals surface area contributed by atoms with Gasteiger partial charge in [0.2, 0.25) is 0 Å². The largest absolute Gasteiger partial charge is 0.481 e. The van der Waals surface area contributed by atoms with Crippen LogP contribution in [0.4, 0.5) is 0 Å². The summed E-state index contributed by atoms with van der Waals surface area (Å²) in [5.74, 6) is -5.32. The summed E-state index contributed by atoms with van der Waals surface area (Å²) in [6, 6.07) is 8.02. The van der Waals surface area contributed by atoms with Crippen molar-refractivity contribution in [3.63, 3.8) is 0 Å². The summed E-state index contributed by atoms with van der Waals surface area (Å²) in [6.45, 7) is 7.89. The van der Waals surface area contributed by atoms with Gasteiger partial charge in [0.1, 0.15) is 5.41 Å². The van der Waals surface area contributed by atoms with Crippen LogP contribution in [0.1, 0.15) is 70.4 Å². The number of nitrogens with zero attached hydrogens (tertiary/aromatic N) is 2. The number of rotatable bonds is 14. The molecule has 12 nitrogen and oxygen atoms in total. The number of likely N-dealkylation sites (tertiary alicyclic amines) is 1. The van der Waals surface area contributed by atoms with Crippen LogP contribution in [0.25, 0.3) is 0 Å². The highest BCUT2D eigenvalue weighted by Crippen LogP contribution is 2.54. The van der Waals surface area contributed by atoms with Crippen LogP contribution in [-0.2, 0) is 31.0 Å². The van der Waals surface area contributed by atoms with E-state index in [-0.39, 0.29) is 0 Å². The molecule has 1 aromatic rings. The van der Waals surface area contributed by atoms with Crippen LogP contribution in [0.3, 0.4) is 0 Å². The number of hydrogen-bond donors (Lipinski definition) is 5. The second-order valence-corrected chi connectivity index (χ2v) is 11.8. The van der Waals surface area contributed by atoms with Crippen LogP contribution >= 0.6 is 11.9 Å². The Balaban J connectivity index is 0.000000520. The minimum atomic E-state index is -2.74. The Bertz CT molecular complexity index is 1020. The molecule has 5 N–H and O–H groups in total. The molecule has 0 radical (unpaired) electrons. The minimum Gasteiger partial charge on any atom is -0.481 e. The first-order valence-corrected chi connectivity index (χ1v) is 13.8. The van der Waals surface area contributed by atoms with Gasteiger partial charge in [-0.1, -0.05) is 51.5 Å². The van der Waals surface area contributed by atoms with Gasteiger partial charge in [-0.05, 0) is 62.9 Å². The van der Waals surface area contributed by atoms with Crippen molar-refractivity contribution in [1.29, 1.82) is 0 Å². The molecule has 40 heavy (non-hydrogen) atoms. The Labute approximate surface area is 237 Å². The molecule has 1 unspecified atom stereocenters. The van der Waals surface area contributed by atoms with Gasteiger partial charge in [-0.25, -0.2) is 4.79 Å². The van der Waals surface area contributed by atoms with Crippen LogP contribution in [0.15, 0.2) is 28.8 Å². The number of aliphatic carboxylic acids is 4. The Morgan fingerprint density at radius 1 is 0.975 bits per heavy atom. The quantitative estimate of drug-likeness (QED) is 0.157. The molecule has 0 saturated carbocycles. The first kappa shape index (κ1) is 35.0. The molecule has 2 rings (SSSR count). The number of carbonyl (C=O) groups is 4. The molecule has 224 valence electrons. The fourth-order valence-electron chi connectivity index (χ4n) is 5.19. The van der Waals surface area contributed by atoms with E-state index in [1.807, 2.05) is 38.2 Å². The van der Waals surface area contributed by atoms with Crippen molar-refractivity contribution >= 4 is 35.8 Å². The maximum absolute atomic E-state index is 12.8. The molecule has 0 amide bonds. The van der Waals surface area contributed by atoms with Gasteiger partial charge < -0.3 is 30.4 Å². The average Bonchev–Trinajstić information content (AvgIpc) is 2.83. The zero-order valence-corrected chi connectivity index (χ0v) is 24.1. The monoisotopic (exact) mass is 584 g/mol. The molecule has 0 spiro atoms. The summed E-state index contributed by atoms with van der Waals surface area (Å²) in [7, 11) is 2.03. The van der Waals surface area contributed by atoms with Gasteiger partial charge in [0.15, 0.2) is 5.60 Å². The summed E-state index contributed by atoms with van der Waals surface area (Å²) >= 11 is 0.949. The van der Waals surface area contributed by atoms with Crippen molar-refractivity contribution in [3.8, 4) is 0 Å². The van der Waals surface area contributed by atoms with Gasteiger partial charge in [0, 0.05) is 16.5 Å². The fourth-order valence-corrected chi connectivity index (χ4v) is 6.16. The molecule has 0 aromatic heterocycles. The van der Waals surface area contributed by atoms with Crippen LogP contribution in [0, 0.1) is 10.8 Å². The number of piperidine rings is 1. The zero-order chi connectivity index (χ0) is 30.7. The third-order valence-electron chi connectivity index (χ3n) is 7.15. The van der Waals surface area contributed by atoms with Gasteiger partial charge in [0.25, 0.3) is 0 Å². The van der Waals surface area contributed by atoms with Crippen LogP contribution in [-0.4, -0.2) is 84.8 Å². The van der Waals surface area contributed by atoms with E-state index in [0.29, 0.717) is 25.2 Å². The Hall–Kier alpha value is -3.03. The lowest BCUT2D eigenvalue weighted by molar-refractivity contribution is -0.170. The normalized spacial score (nSPS) is 16.8. The van der Waals surface area contributed by atoms with E-state index in [1.165, 1.54) is 5.56 Å². The van der Waals surface area contributed by atoms with E-state index >= 15 is 0 Å². The zero-order valence-electron chi connectivity index (χ0n) is 23.3. The first-order chi connectivity index (χ1) is 18.6. The van der Waals surface area contributed by atoms with Crippen molar-refractivity contribution in [1.82, 2.24) is 4.90 Å². The Morgan fingerprint density at radius 3 is 1.82 bits per heavy atom. The van der Waals surface area contributed by atoms with Gasteiger partial charge in [0.05, 0.1) is 17.6 Å². The third-order valence-corrected chi connectivity index (χ3v) is 8.33. The minimum absolute atomic E-state index is 0.498. The Morgan fingerprint density at radius 2 is 1.48 bits per heavy atom. The van der Waals surface area contributed by atoms with Crippen molar-refractivity contribution in [2.75, 3.05) is 20.1 Å². The molecule has 1 aliphatic rings. The van der Waals surface area contributed by atoms with E-state index < -0.39 is 52.5 Å². The highest BCUT2D eigenvalue weighted by molar-refractivity contribution is 7.99. The van der Waals surface area contributed by atoms with Crippen molar-refractivity contribution in [2.45, 2.75) is 81.5 Å². The number of benzene rings is 1. The van der Waals surface area contributed by atoms with E-state index in [4.69, 9.17) is 20.4 Å². The standard InChI is InChI=1S/C21H32N2O3S.C6H8O7/c1-5-10-21(19(24)25,18-8-6-17(7-9-18)15-16(2)3)20(27-22-26)11-13-23(4)14-12-20;7-3(8)1-6(13,5(11)12)2-4(9)10/h6-9,16H,5,10-15H2,1-4H3,(H,24,25);13H,1-2H2,(H,7,8)(H,9,10)(H,11,12). The molecule has 1 saturated heterocycles. The maximum atomic E-state index is 12.8. The lowest BCUT2D eigenvalue weighted by Crippen LogP contribution is -2.58. The van der Waals surface area contributed by atoms with Crippen molar-refractivity contribution in [2.24, 2.45) is 10.5 Å². The molecule has 1 aliphatic heterocycles. The van der Waals surface area contributed by atoms with Crippen LogP contribution in [0.5, 0.6) is 0 Å². The Kier molecular flexibility index (Phi) is 13.2. The second kappa shape index (κ2) is 15.1. The molecule has 0 aliphatic carbocycles. The molecule has 1 fully saturated rings. The number of aliphatic hydroxyl groups is 1. The molecular formula is C27H40N2O10S. The van der Waals surface area contributed by atoms with E-state index in [1.54, 1.807) is 0 Å². The van der Waals surface area contributed by atoms with Gasteiger partial charge in [-0.15, -0.1) is 4.91 Å². The van der Waals surface area contributed by atoms with Gasteiger partial charge in [-0.2, -0.15) is 0 Å². The molecule has 13 heteroatoms.